The maximum absolute atomic E-state index is 13.1. The fraction of sp³-hybridized carbons (Fsp3) is 0.250. The normalized spacial score (nSPS) is 11.4. The van der Waals surface area contributed by atoms with Gasteiger partial charge < -0.3 is 4.74 Å². The van der Waals surface area contributed by atoms with Crippen molar-refractivity contribution in [1.29, 1.82) is 0 Å². The van der Waals surface area contributed by atoms with Crippen molar-refractivity contribution in [3.63, 3.8) is 0 Å². The maximum Gasteiger partial charge on any atom is 0.235 e. The topological polar surface area (TPSA) is 43.4 Å². The van der Waals surface area contributed by atoms with Gasteiger partial charge in [0, 0.05) is 15.2 Å². The van der Waals surface area contributed by atoms with Gasteiger partial charge in [-0.15, -0.1) is 0 Å². The Morgan fingerprint density at radius 2 is 2.13 bits per heavy atom. The van der Waals surface area contributed by atoms with Gasteiger partial charge in [0.1, 0.15) is 6.61 Å². The van der Waals surface area contributed by atoms with E-state index in [1.54, 1.807) is 0 Å². The van der Waals surface area contributed by atoms with Gasteiger partial charge in [0.05, 0.1) is 5.75 Å². The van der Waals surface area contributed by atoms with Crippen molar-refractivity contribution in [2.24, 2.45) is 0 Å². The molecule has 0 saturated heterocycles. The molecule has 1 aromatic carbocycles. The zero-order chi connectivity index (χ0) is 11.5. The summed E-state index contributed by atoms with van der Waals surface area (Å²) in [6.45, 7) is -0.181. The van der Waals surface area contributed by atoms with E-state index in [0.717, 1.165) is 0 Å². The number of hydrogen-bond donors (Lipinski definition) is 0. The second-order valence-electron chi connectivity index (χ2n) is 2.67. The lowest BCUT2D eigenvalue weighted by molar-refractivity contribution is 0.322. The molecule has 0 N–H and O–H groups in total. The Bertz CT molecular complexity index is 449. The molecule has 0 saturated carbocycles. The zero-order valence-corrected chi connectivity index (χ0v) is 10.6. The molecule has 0 amide bonds. The molecule has 0 aliphatic carbocycles. The number of halogens is 3. The average Bonchev–Trinajstić information content (AvgIpc) is 2.09. The molecular weight excluding hydrogens is 311 g/mol. The van der Waals surface area contributed by atoms with Crippen molar-refractivity contribution < 1.29 is 17.5 Å². The quantitative estimate of drug-likeness (QED) is 0.802. The molecule has 7 heteroatoms. The monoisotopic (exact) mass is 316 g/mol. The van der Waals surface area contributed by atoms with Gasteiger partial charge in [-0.1, -0.05) is 15.9 Å². The molecule has 0 spiro atoms. The van der Waals surface area contributed by atoms with Crippen LogP contribution in [-0.2, 0) is 9.05 Å². The predicted octanol–water partition coefficient (Wildman–Crippen LogP) is 2.54. The van der Waals surface area contributed by atoms with Gasteiger partial charge in [-0.25, -0.2) is 12.8 Å². The summed E-state index contributed by atoms with van der Waals surface area (Å²) >= 11 is 3.14. The van der Waals surface area contributed by atoms with E-state index in [4.69, 9.17) is 15.4 Å². The Balaban J connectivity index is 2.61. The van der Waals surface area contributed by atoms with E-state index in [-0.39, 0.29) is 18.1 Å². The fourth-order valence-corrected chi connectivity index (χ4v) is 1.65. The molecule has 0 heterocycles. The first-order valence-corrected chi connectivity index (χ1v) is 7.16. The summed E-state index contributed by atoms with van der Waals surface area (Å²) in [5, 5.41) is 0. The van der Waals surface area contributed by atoms with Gasteiger partial charge in [0.25, 0.3) is 0 Å². The third kappa shape index (κ3) is 4.81. The van der Waals surface area contributed by atoms with Crippen LogP contribution in [0.2, 0.25) is 0 Å². The minimum Gasteiger partial charge on any atom is -0.489 e. The van der Waals surface area contributed by atoms with E-state index in [2.05, 4.69) is 15.9 Å². The standard InChI is InChI=1S/C8H7BrClFO3S/c9-6-1-2-7(11)8(5-6)14-3-4-15(10,12)13/h1-2,5H,3-4H2. The molecule has 3 nitrogen and oxygen atoms in total. The third-order valence-corrected chi connectivity index (χ3v) is 3.09. The molecule has 0 aromatic heterocycles. The zero-order valence-electron chi connectivity index (χ0n) is 7.41. The van der Waals surface area contributed by atoms with Gasteiger partial charge in [0.15, 0.2) is 11.6 Å². The Labute approximate surface area is 99.7 Å². The molecule has 0 unspecified atom stereocenters. The summed E-state index contributed by atoms with van der Waals surface area (Å²) in [5.74, 6) is -0.921. The second-order valence-corrected chi connectivity index (χ2v) is 6.48. The van der Waals surface area contributed by atoms with E-state index in [1.165, 1.54) is 18.2 Å². The highest BCUT2D eigenvalue weighted by atomic mass is 79.9. The van der Waals surface area contributed by atoms with Crippen molar-refractivity contribution in [2.45, 2.75) is 0 Å². The Morgan fingerprint density at radius 3 is 2.73 bits per heavy atom. The van der Waals surface area contributed by atoms with E-state index < -0.39 is 14.9 Å². The first-order valence-electron chi connectivity index (χ1n) is 3.89. The third-order valence-electron chi connectivity index (χ3n) is 1.48. The van der Waals surface area contributed by atoms with Gasteiger partial charge in [-0.3, -0.25) is 0 Å². The minimum absolute atomic E-state index is 0.00954. The fourth-order valence-electron chi connectivity index (χ4n) is 0.839. The summed E-state index contributed by atoms with van der Waals surface area (Å²) in [6.07, 6.45) is 0. The van der Waals surface area contributed by atoms with Crippen LogP contribution in [0.4, 0.5) is 4.39 Å². The van der Waals surface area contributed by atoms with Crippen LogP contribution in [0.15, 0.2) is 22.7 Å². The summed E-state index contributed by atoms with van der Waals surface area (Å²) < 4.78 is 39.7. The highest BCUT2D eigenvalue weighted by molar-refractivity contribution is 9.10. The number of ether oxygens (including phenoxy) is 1. The van der Waals surface area contributed by atoms with Crippen molar-refractivity contribution in [3.05, 3.63) is 28.5 Å². The summed E-state index contributed by atoms with van der Waals surface area (Å²) in [6, 6.07) is 4.14. The van der Waals surface area contributed by atoms with Crippen molar-refractivity contribution in [1.82, 2.24) is 0 Å². The lowest BCUT2D eigenvalue weighted by atomic mass is 10.3. The van der Waals surface area contributed by atoms with Crippen molar-refractivity contribution in [2.75, 3.05) is 12.4 Å². The molecule has 0 aliphatic heterocycles. The SMILES string of the molecule is O=S(=O)(Cl)CCOc1cc(Br)ccc1F. The molecule has 1 aromatic rings. The number of hydrogen-bond acceptors (Lipinski definition) is 3. The Hall–Kier alpha value is -0.330. The van der Waals surface area contributed by atoms with Crippen LogP contribution in [0.25, 0.3) is 0 Å². The van der Waals surface area contributed by atoms with Gasteiger partial charge in [-0.05, 0) is 18.2 Å². The summed E-state index contributed by atoms with van der Waals surface area (Å²) in [5.41, 5.74) is 0. The van der Waals surface area contributed by atoms with Crippen LogP contribution in [0, 0.1) is 5.82 Å². The van der Waals surface area contributed by atoms with Crippen LogP contribution in [-0.4, -0.2) is 20.8 Å². The van der Waals surface area contributed by atoms with E-state index in [1.807, 2.05) is 0 Å². The van der Waals surface area contributed by atoms with E-state index in [9.17, 15) is 12.8 Å². The predicted molar refractivity (Wildman–Crippen MR) is 59.2 cm³/mol. The second kappa shape index (κ2) is 5.14. The largest absolute Gasteiger partial charge is 0.489 e. The van der Waals surface area contributed by atoms with Crippen LogP contribution in [0.1, 0.15) is 0 Å². The van der Waals surface area contributed by atoms with Crippen LogP contribution < -0.4 is 4.74 Å². The van der Waals surface area contributed by atoms with Crippen LogP contribution in [0.3, 0.4) is 0 Å². The summed E-state index contributed by atoms with van der Waals surface area (Å²) in [4.78, 5) is 0. The van der Waals surface area contributed by atoms with Gasteiger partial charge in [-0.2, -0.15) is 0 Å². The number of benzene rings is 1. The lowest BCUT2D eigenvalue weighted by Gasteiger charge is -2.05. The molecular formula is C8H7BrClFO3S. The minimum atomic E-state index is -3.60. The molecule has 1 rings (SSSR count). The van der Waals surface area contributed by atoms with Gasteiger partial charge >= 0.3 is 0 Å². The molecule has 0 fully saturated rings. The Kier molecular flexibility index (Phi) is 4.36. The highest BCUT2D eigenvalue weighted by Crippen LogP contribution is 2.22. The van der Waals surface area contributed by atoms with Crippen LogP contribution >= 0.6 is 26.6 Å². The van der Waals surface area contributed by atoms with E-state index >= 15 is 0 Å². The molecule has 0 radical (unpaired) electrons. The summed E-state index contributed by atoms with van der Waals surface area (Å²) in [7, 11) is 1.36. The molecule has 84 valence electrons. The Morgan fingerprint density at radius 1 is 1.47 bits per heavy atom. The lowest BCUT2D eigenvalue weighted by Crippen LogP contribution is -2.09. The van der Waals surface area contributed by atoms with Gasteiger partial charge in [0.2, 0.25) is 9.05 Å². The maximum atomic E-state index is 13.1. The number of rotatable bonds is 4. The average molecular weight is 318 g/mol. The molecule has 0 bridgehead atoms. The molecule has 0 atom stereocenters. The smallest absolute Gasteiger partial charge is 0.235 e. The first-order chi connectivity index (χ1) is 6.88. The molecule has 15 heavy (non-hydrogen) atoms. The van der Waals surface area contributed by atoms with Crippen LogP contribution in [0.5, 0.6) is 5.75 Å². The highest BCUT2D eigenvalue weighted by Gasteiger charge is 2.08. The molecule has 0 aliphatic rings. The van der Waals surface area contributed by atoms with Crippen molar-refractivity contribution >= 4 is 35.7 Å². The van der Waals surface area contributed by atoms with Crippen molar-refractivity contribution in [3.8, 4) is 5.75 Å². The first kappa shape index (κ1) is 12.7. The van der Waals surface area contributed by atoms with E-state index in [0.29, 0.717) is 4.47 Å².